The Morgan fingerprint density at radius 3 is 2.81 bits per heavy atom. The number of nitrogens with zero attached hydrogens (tertiary/aromatic N) is 1. The van der Waals surface area contributed by atoms with Crippen LogP contribution < -0.4 is 10.2 Å². The maximum Gasteiger partial charge on any atom is 0.247 e. The van der Waals surface area contributed by atoms with Gasteiger partial charge in [-0.15, -0.1) is 0 Å². The number of rotatable bonds is 1. The highest BCUT2D eigenvalue weighted by Gasteiger charge is 2.34. The topological polar surface area (TPSA) is 32.3 Å². The second kappa shape index (κ2) is 4.62. The number of anilines is 2. The molecule has 1 unspecified atom stereocenters. The van der Waals surface area contributed by atoms with Crippen LogP contribution in [0.25, 0.3) is 0 Å². The molecule has 0 saturated heterocycles. The van der Waals surface area contributed by atoms with E-state index in [4.69, 9.17) is 0 Å². The molecule has 1 amide bonds. The smallest absolute Gasteiger partial charge is 0.247 e. The van der Waals surface area contributed by atoms with Gasteiger partial charge in [-0.2, -0.15) is 0 Å². The molecule has 0 bridgehead atoms. The largest absolute Gasteiger partial charge is 0.359 e. The summed E-state index contributed by atoms with van der Waals surface area (Å²) < 4.78 is 0. The molecule has 1 N–H and O–H groups in total. The van der Waals surface area contributed by atoms with Crippen LogP contribution in [0.3, 0.4) is 0 Å². The molecule has 2 heterocycles. The van der Waals surface area contributed by atoms with Gasteiger partial charge in [0.25, 0.3) is 0 Å². The number of para-hydroxylation sites is 2. The van der Waals surface area contributed by atoms with Crippen LogP contribution in [0.2, 0.25) is 0 Å². The molecule has 0 spiro atoms. The first-order valence-electron chi connectivity index (χ1n) is 7.48. The standard InChI is InChI=1S/C18H18N2O/c1-12-5-4-7-14-11-16(18(21)19-17(12)14)20-10-9-13-6-2-3-8-15(13)20/h2-8,16H,9-11H2,1H3,(H,19,21). The zero-order valence-corrected chi connectivity index (χ0v) is 12.1. The van der Waals surface area contributed by atoms with Crippen molar-refractivity contribution in [3.63, 3.8) is 0 Å². The minimum Gasteiger partial charge on any atom is -0.359 e. The van der Waals surface area contributed by atoms with Gasteiger partial charge in [0.15, 0.2) is 0 Å². The van der Waals surface area contributed by atoms with E-state index in [-0.39, 0.29) is 11.9 Å². The molecule has 2 aromatic carbocycles. The SMILES string of the molecule is Cc1cccc2c1NC(=O)C(N1CCc3ccccc31)C2. The Labute approximate surface area is 124 Å². The van der Waals surface area contributed by atoms with E-state index in [9.17, 15) is 4.79 Å². The summed E-state index contributed by atoms with van der Waals surface area (Å²) in [6.45, 7) is 2.98. The molecule has 3 nitrogen and oxygen atoms in total. The fourth-order valence-electron chi connectivity index (χ4n) is 3.52. The third-order valence-electron chi connectivity index (χ3n) is 4.62. The van der Waals surface area contributed by atoms with Gasteiger partial charge >= 0.3 is 0 Å². The summed E-state index contributed by atoms with van der Waals surface area (Å²) in [7, 11) is 0. The molecule has 0 aliphatic carbocycles. The summed E-state index contributed by atoms with van der Waals surface area (Å²) in [5.41, 5.74) is 5.95. The number of nitrogens with one attached hydrogen (secondary N) is 1. The molecule has 3 heteroatoms. The Morgan fingerprint density at radius 2 is 1.90 bits per heavy atom. The first kappa shape index (κ1) is 12.5. The highest BCUT2D eigenvalue weighted by Crippen LogP contribution is 2.34. The van der Waals surface area contributed by atoms with Crippen LogP contribution in [0.4, 0.5) is 11.4 Å². The van der Waals surface area contributed by atoms with Crippen molar-refractivity contribution in [3.05, 3.63) is 59.2 Å². The summed E-state index contributed by atoms with van der Waals surface area (Å²) >= 11 is 0. The Morgan fingerprint density at radius 1 is 1.10 bits per heavy atom. The Bertz CT molecular complexity index is 723. The van der Waals surface area contributed by atoms with Crippen molar-refractivity contribution in [3.8, 4) is 0 Å². The molecule has 0 saturated carbocycles. The van der Waals surface area contributed by atoms with E-state index in [2.05, 4.69) is 46.6 Å². The van der Waals surface area contributed by atoms with Gasteiger partial charge in [0.2, 0.25) is 5.91 Å². The van der Waals surface area contributed by atoms with E-state index in [1.807, 2.05) is 13.0 Å². The van der Waals surface area contributed by atoms with Crippen LogP contribution in [-0.2, 0) is 17.6 Å². The third-order valence-corrected chi connectivity index (χ3v) is 4.62. The average Bonchev–Trinajstić information content (AvgIpc) is 2.92. The predicted molar refractivity (Wildman–Crippen MR) is 84.8 cm³/mol. The Kier molecular flexibility index (Phi) is 2.74. The summed E-state index contributed by atoms with van der Waals surface area (Å²) in [5.74, 6) is 0.119. The number of hydrogen-bond acceptors (Lipinski definition) is 2. The lowest BCUT2D eigenvalue weighted by molar-refractivity contribution is -0.117. The molecule has 0 fully saturated rings. The van der Waals surface area contributed by atoms with Crippen LogP contribution in [0.1, 0.15) is 16.7 Å². The van der Waals surface area contributed by atoms with Crippen molar-refractivity contribution in [2.24, 2.45) is 0 Å². The fourth-order valence-corrected chi connectivity index (χ4v) is 3.52. The summed E-state index contributed by atoms with van der Waals surface area (Å²) in [6, 6.07) is 14.6. The van der Waals surface area contributed by atoms with Gasteiger partial charge in [0, 0.05) is 24.3 Å². The maximum absolute atomic E-state index is 12.6. The molecule has 106 valence electrons. The van der Waals surface area contributed by atoms with Crippen molar-refractivity contribution in [2.75, 3.05) is 16.8 Å². The maximum atomic E-state index is 12.6. The normalized spacial score (nSPS) is 20.0. The zero-order chi connectivity index (χ0) is 14.4. The van der Waals surface area contributed by atoms with Gasteiger partial charge < -0.3 is 10.2 Å². The average molecular weight is 278 g/mol. The second-order valence-electron chi connectivity index (χ2n) is 5.89. The van der Waals surface area contributed by atoms with E-state index < -0.39 is 0 Å². The molecular formula is C18H18N2O. The van der Waals surface area contributed by atoms with Gasteiger partial charge in [0.1, 0.15) is 6.04 Å². The van der Waals surface area contributed by atoms with E-state index in [0.717, 1.165) is 30.6 Å². The molecule has 2 aromatic rings. The lowest BCUT2D eigenvalue weighted by Gasteiger charge is -2.34. The Hall–Kier alpha value is -2.29. The van der Waals surface area contributed by atoms with E-state index in [0.29, 0.717) is 0 Å². The monoisotopic (exact) mass is 278 g/mol. The van der Waals surface area contributed by atoms with Crippen LogP contribution in [0, 0.1) is 6.92 Å². The lowest BCUT2D eigenvalue weighted by Crippen LogP contribution is -2.47. The minimum atomic E-state index is -0.0945. The number of aryl methyl sites for hydroxylation is 1. The molecule has 1 atom stereocenters. The highest BCUT2D eigenvalue weighted by atomic mass is 16.2. The molecule has 4 rings (SSSR count). The highest BCUT2D eigenvalue weighted by molar-refractivity contribution is 6.01. The Balaban J connectivity index is 1.70. The van der Waals surface area contributed by atoms with Gasteiger partial charge in [-0.1, -0.05) is 36.4 Å². The molecule has 0 aromatic heterocycles. The molecule has 21 heavy (non-hydrogen) atoms. The predicted octanol–water partition coefficient (Wildman–Crippen LogP) is 2.92. The van der Waals surface area contributed by atoms with E-state index >= 15 is 0 Å². The number of carbonyl (C=O) groups is 1. The molecular weight excluding hydrogens is 260 g/mol. The first-order valence-corrected chi connectivity index (χ1v) is 7.48. The van der Waals surface area contributed by atoms with Crippen molar-refractivity contribution in [2.45, 2.75) is 25.8 Å². The third kappa shape index (κ3) is 1.92. The summed E-state index contributed by atoms with van der Waals surface area (Å²) in [5, 5.41) is 3.11. The van der Waals surface area contributed by atoms with Crippen LogP contribution in [-0.4, -0.2) is 18.5 Å². The van der Waals surface area contributed by atoms with Gasteiger partial charge in [-0.05, 0) is 36.1 Å². The van der Waals surface area contributed by atoms with Crippen molar-refractivity contribution < 1.29 is 4.79 Å². The molecule has 0 radical (unpaired) electrons. The van der Waals surface area contributed by atoms with Gasteiger partial charge in [-0.3, -0.25) is 4.79 Å². The number of fused-ring (bicyclic) bond motifs is 2. The number of amides is 1. The van der Waals surface area contributed by atoms with Crippen LogP contribution >= 0.6 is 0 Å². The number of carbonyl (C=O) groups excluding carboxylic acids is 1. The number of hydrogen-bond donors (Lipinski definition) is 1. The zero-order valence-electron chi connectivity index (χ0n) is 12.1. The first-order chi connectivity index (χ1) is 10.2. The van der Waals surface area contributed by atoms with Crippen molar-refractivity contribution in [1.82, 2.24) is 0 Å². The lowest BCUT2D eigenvalue weighted by atomic mass is 9.95. The van der Waals surface area contributed by atoms with Gasteiger partial charge in [0.05, 0.1) is 0 Å². The van der Waals surface area contributed by atoms with E-state index in [1.165, 1.54) is 16.8 Å². The quantitative estimate of drug-likeness (QED) is 0.870. The fraction of sp³-hybridized carbons (Fsp3) is 0.278. The molecule has 2 aliphatic rings. The van der Waals surface area contributed by atoms with E-state index in [1.54, 1.807) is 0 Å². The summed E-state index contributed by atoms with van der Waals surface area (Å²) in [6.07, 6.45) is 1.82. The number of benzene rings is 2. The molecule has 2 aliphatic heterocycles. The summed E-state index contributed by atoms with van der Waals surface area (Å²) in [4.78, 5) is 14.8. The van der Waals surface area contributed by atoms with Crippen LogP contribution in [0.5, 0.6) is 0 Å². The van der Waals surface area contributed by atoms with Crippen LogP contribution in [0.15, 0.2) is 42.5 Å². The van der Waals surface area contributed by atoms with Crippen molar-refractivity contribution in [1.29, 1.82) is 0 Å². The second-order valence-corrected chi connectivity index (χ2v) is 5.89. The van der Waals surface area contributed by atoms with Gasteiger partial charge in [-0.25, -0.2) is 0 Å². The minimum absolute atomic E-state index is 0.0945. The van der Waals surface area contributed by atoms with Crippen molar-refractivity contribution >= 4 is 17.3 Å².